The summed E-state index contributed by atoms with van der Waals surface area (Å²) in [6, 6.07) is 14.3. The maximum Gasteiger partial charge on any atom is 1.00 e. The minimum atomic E-state index is -3.84. The first kappa shape index (κ1) is 54.7. The molecule has 4 aromatic rings. The third kappa shape index (κ3) is 39.6. The number of hydrogen-bond donors (Lipinski definition) is 3. The molecule has 0 bridgehead atoms. The van der Waals surface area contributed by atoms with Gasteiger partial charge in [-0.05, 0) is 90.0 Å². The second-order valence-corrected chi connectivity index (χ2v) is 15.5. The molecule has 0 aliphatic carbocycles. The monoisotopic (exact) mass is 822 g/mol. The quantitative estimate of drug-likeness (QED) is 0.0960. The number of halogens is 1. The molecule has 0 aliphatic heterocycles. The van der Waals surface area contributed by atoms with Crippen molar-refractivity contribution in [1.82, 2.24) is 26.1 Å². The van der Waals surface area contributed by atoms with Crippen molar-refractivity contribution >= 4 is 56.6 Å². The maximum absolute atomic E-state index is 10.6. The number of nitrogens with zero attached hydrogens (tertiary/aromatic N) is 4. The van der Waals surface area contributed by atoms with Crippen LogP contribution >= 0.6 is 10.7 Å². The fourth-order valence-electron chi connectivity index (χ4n) is 2.89. The molecule has 0 spiro atoms. The van der Waals surface area contributed by atoms with Crippen molar-refractivity contribution in [3.05, 3.63) is 127 Å². The van der Waals surface area contributed by atoms with Crippen molar-refractivity contribution in [3.63, 3.8) is 0 Å². The predicted molar refractivity (Wildman–Crippen MR) is 192 cm³/mol. The Morgan fingerprint density at radius 1 is 0.667 bits per heavy atom. The van der Waals surface area contributed by atoms with E-state index in [-0.39, 0.29) is 59.9 Å². The van der Waals surface area contributed by atoms with Gasteiger partial charge in [0.1, 0.15) is 0 Å². The fourth-order valence-corrected chi connectivity index (χ4v) is 4.62. The summed E-state index contributed by atoms with van der Waals surface area (Å²) in [4.78, 5) is 15.2. The van der Waals surface area contributed by atoms with E-state index in [9.17, 15) is 25.3 Å². The number of aromatic nitrogens is 4. The predicted octanol–water partition coefficient (Wildman–Crippen LogP) is -1.21. The number of sulfonamides is 1. The number of hydrogen-bond acceptors (Lipinski definition) is 14. The van der Waals surface area contributed by atoms with Crippen molar-refractivity contribution in [2.75, 3.05) is 17.3 Å². The molecular weight excluding hydrogens is 783 g/mol. The van der Waals surface area contributed by atoms with Gasteiger partial charge in [-0.3, -0.25) is 24.5 Å². The molecule has 4 heterocycles. The number of primary sulfonamides is 1. The Balaban J connectivity index is -0.000000179. The van der Waals surface area contributed by atoms with E-state index >= 15 is 0 Å². The Bertz CT molecular complexity index is 1750. The van der Waals surface area contributed by atoms with Crippen LogP contribution in [0.4, 0.5) is 0 Å². The summed E-state index contributed by atoms with van der Waals surface area (Å²) < 4.78 is 96.7. The molecule has 0 fully saturated rings. The van der Waals surface area contributed by atoms with Gasteiger partial charge in [-0.25, -0.2) is 22.0 Å². The molecule has 17 nitrogen and oxygen atoms in total. The standard InChI is InChI=1S/C7H8ClNO2S.C7H10N2O2S.C7H9NO3S.C7H7N.H3N.Na.O3S.H2O.H/c2*8-12(10,11)6-3-7-1-4-9-5-2-7;9-12(10,11)6-3-7-1-4-8-5-2-7;1-2-7-3-5-8-6-4-7;;;1-4(2)3;;/h1-2,4-5H,3,6H2;1-2,4-5H,3,6H2,(H2,8,10,11);1-2,4-5H,3,6H2,(H,9,10,11);2-6H,1H2;1H3;;;1H2;/q;;;;;+1;;;-1. The molecule has 4 rings (SSSR count). The molecule has 8 N–H and O–H groups in total. The van der Waals surface area contributed by atoms with Gasteiger partial charge in [0.05, 0.1) is 17.3 Å². The summed E-state index contributed by atoms with van der Waals surface area (Å²) >= 11 is 0. The van der Waals surface area contributed by atoms with Crippen molar-refractivity contribution in [1.29, 1.82) is 0 Å². The van der Waals surface area contributed by atoms with Crippen LogP contribution in [0.15, 0.2) is 105 Å². The minimum absolute atomic E-state index is 0. The van der Waals surface area contributed by atoms with Crippen LogP contribution < -0.4 is 40.8 Å². The van der Waals surface area contributed by atoms with Crippen LogP contribution in [0.5, 0.6) is 0 Å². The molecule has 0 amide bonds. The first-order valence-electron chi connectivity index (χ1n) is 13.2. The van der Waals surface area contributed by atoms with Gasteiger partial charge in [0.2, 0.25) is 19.1 Å². The SMILES string of the molecule is C=Cc1ccncc1.N.NS(=O)(=O)CCc1ccncc1.O.O=S(=O)(Cl)CCc1ccncc1.O=S(=O)(O)CCc1ccncc1.O=S(=O)=O.[H-].[Na+]. The normalized spacial score (nSPS) is 9.86. The summed E-state index contributed by atoms with van der Waals surface area (Å²) in [5, 5.41) is 4.84. The number of pyridine rings is 4. The third-order valence-electron chi connectivity index (χ3n) is 5.15. The van der Waals surface area contributed by atoms with Gasteiger partial charge in [0, 0.05) is 60.3 Å². The Morgan fingerprint density at radius 3 is 1.18 bits per heavy atom. The topological polar surface area (TPSA) is 318 Å². The summed E-state index contributed by atoms with van der Waals surface area (Å²) in [6.45, 7) is 3.60. The zero-order valence-electron chi connectivity index (χ0n) is 28.5. The van der Waals surface area contributed by atoms with E-state index in [4.69, 9.17) is 33.0 Å². The summed E-state index contributed by atoms with van der Waals surface area (Å²) in [5.74, 6) is -0.285. The van der Waals surface area contributed by atoms with E-state index in [1.165, 1.54) is 0 Å². The minimum Gasteiger partial charge on any atom is -1.00 e. The van der Waals surface area contributed by atoms with E-state index in [1.54, 1.807) is 92.0 Å². The molecule has 4 aromatic heterocycles. The molecule has 0 radical (unpaired) electrons. The third-order valence-corrected chi connectivity index (χ3v) is 7.80. The van der Waals surface area contributed by atoms with Gasteiger partial charge in [0.15, 0.2) is 0 Å². The molecular formula is C28H40ClN6NaO11S4. The average molecular weight is 823 g/mol. The van der Waals surface area contributed by atoms with Crippen molar-refractivity contribution in [2.24, 2.45) is 5.14 Å². The molecule has 0 saturated carbocycles. The van der Waals surface area contributed by atoms with Crippen LogP contribution in [0, 0.1) is 0 Å². The number of nitrogens with two attached hydrogens (primary N) is 1. The van der Waals surface area contributed by atoms with Gasteiger partial charge in [-0.2, -0.15) is 8.42 Å². The fraction of sp³-hybridized carbons (Fsp3) is 0.214. The maximum atomic E-state index is 10.6. The Hall–Kier alpha value is -3.06. The summed E-state index contributed by atoms with van der Waals surface area (Å²) in [7, 11) is -8.63. The molecule has 0 atom stereocenters. The Labute approximate surface area is 327 Å². The van der Waals surface area contributed by atoms with Crippen LogP contribution in [0.3, 0.4) is 0 Å². The molecule has 0 saturated heterocycles. The van der Waals surface area contributed by atoms with E-state index in [1.807, 2.05) is 12.1 Å². The van der Waals surface area contributed by atoms with Gasteiger partial charge >= 0.3 is 40.2 Å². The summed E-state index contributed by atoms with van der Waals surface area (Å²) in [6.07, 6.45) is 16.1. The average Bonchev–Trinajstić information content (AvgIpc) is 3.03. The van der Waals surface area contributed by atoms with Crippen molar-refractivity contribution in [2.45, 2.75) is 19.3 Å². The molecule has 23 heteroatoms. The second-order valence-electron chi connectivity index (χ2n) is 8.90. The van der Waals surface area contributed by atoms with Crippen LogP contribution in [0.25, 0.3) is 6.08 Å². The molecule has 0 aliphatic rings. The van der Waals surface area contributed by atoms with Gasteiger partial charge in [-0.15, -0.1) is 12.6 Å². The number of aryl methyl sites for hydroxylation is 3. The van der Waals surface area contributed by atoms with Gasteiger partial charge in [-0.1, -0.05) is 12.7 Å². The summed E-state index contributed by atoms with van der Waals surface area (Å²) in [5.41, 5.74) is 3.82. The first-order valence-corrected chi connectivity index (χ1v) is 20.0. The van der Waals surface area contributed by atoms with E-state index in [0.29, 0.717) is 19.3 Å². The zero-order chi connectivity index (χ0) is 36.5. The Morgan fingerprint density at radius 2 is 0.941 bits per heavy atom. The first-order chi connectivity index (χ1) is 22.4. The van der Waals surface area contributed by atoms with Crippen LogP contribution in [0.1, 0.15) is 23.7 Å². The van der Waals surface area contributed by atoms with Crippen LogP contribution in [-0.2, 0) is 59.1 Å². The second kappa shape index (κ2) is 30.6. The van der Waals surface area contributed by atoms with Gasteiger partial charge in [0.25, 0.3) is 10.1 Å². The van der Waals surface area contributed by atoms with E-state index in [0.717, 1.165) is 22.3 Å². The molecule has 280 valence electrons. The largest absolute Gasteiger partial charge is 1.00 e. The van der Waals surface area contributed by atoms with E-state index < -0.39 is 39.8 Å². The van der Waals surface area contributed by atoms with E-state index in [2.05, 4.69) is 26.5 Å². The van der Waals surface area contributed by atoms with Crippen LogP contribution in [0.2, 0.25) is 0 Å². The molecule has 51 heavy (non-hydrogen) atoms. The van der Waals surface area contributed by atoms with Gasteiger partial charge < -0.3 is 13.1 Å². The molecule has 0 unspecified atom stereocenters. The Kier molecular flexibility index (Phi) is 32.8. The molecule has 0 aromatic carbocycles. The van der Waals surface area contributed by atoms with Crippen LogP contribution in [-0.4, -0.2) is 85.1 Å². The van der Waals surface area contributed by atoms with Crippen molar-refractivity contribution < 1.29 is 78.9 Å². The smallest absolute Gasteiger partial charge is 1.00 e. The van der Waals surface area contributed by atoms with Crippen molar-refractivity contribution in [3.8, 4) is 0 Å². The number of rotatable bonds is 10. The zero-order valence-corrected chi connectivity index (χ0v) is 33.5.